The van der Waals surface area contributed by atoms with Crippen LogP contribution in [0.3, 0.4) is 0 Å². The van der Waals surface area contributed by atoms with E-state index in [0.29, 0.717) is 5.57 Å². The minimum absolute atomic E-state index is 0.215. The number of alkyl halides is 1. The van der Waals surface area contributed by atoms with Gasteiger partial charge in [0.1, 0.15) is 6.67 Å². The van der Waals surface area contributed by atoms with E-state index in [9.17, 15) is 9.18 Å². The van der Waals surface area contributed by atoms with Crippen molar-refractivity contribution in [3.05, 3.63) is 35.5 Å². The summed E-state index contributed by atoms with van der Waals surface area (Å²) in [6.45, 7) is 7.82. The number of Topliss-reactive ketones (excluding diaryl/α,β-unsaturated/α-hetero) is 1. The number of allylic oxidation sites excluding steroid dienone is 5. The molecule has 0 aliphatic carbocycles. The van der Waals surface area contributed by atoms with Gasteiger partial charge in [-0.2, -0.15) is 0 Å². The van der Waals surface area contributed by atoms with E-state index in [1.54, 1.807) is 19.1 Å². The van der Waals surface area contributed by atoms with E-state index in [0.717, 1.165) is 5.57 Å². The Morgan fingerprint density at radius 2 is 1.92 bits per heavy atom. The zero-order valence-corrected chi connectivity index (χ0v) is 8.36. The molecule has 0 aliphatic heterocycles. The summed E-state index contributed by atoms with van der Waals surface area (Å²) in [7, 11) is 0. The third-order valence-corrected chi connectivity index (χ3v) is 1.80. The predicted octanol–water partition coefficient (Wildman–Crippen LogP) is 2.99. The van der Waals surface area contributed by atoms with E-state index in [2.05, 4.69) is 6.58 Å². The Labute approximate surface area is 78.6 Å². The first kappa shape index (κ1) is 11.8. The summed E-state index contributed by atoms with van der Waals surface area (Å²) in [5, 5.41) is 0. The Kier molecular flexibility index (Phi) is 4.97. The highest BCUT2D eigenvalue weighted by Crippen LogP contribution is 2.10. The first-order chi connectivity index (χ1) is 6.02. The van der Waals surface area contributed by atoms with Crippen LogP contribution in [-0.4, -0.2) is 12.5 Å². The average molecular weight is 182 g/mol. The SMILES string of the molecule is C=C/C(C)=C\C(C)=C(/CF)C(C)=O. The maximum absolute atomic E-state index is 12.4. The van der Waals surface area contributed by atoms with E-state index in [-0.39, 0.29) is 11.4 Å². The molecule has 13 heavy (non-hydrogen) atoms. The van der Waals surface area contributed by atoms with Gasteiger partial charge in [0.05, 0.1) is 0 Å². The van der Waals surface area contributed by atoms with Crippen LogP contribution in [0.25, 0.3) is 0 Å². The van der Waals surface area contributed by atoms with Crippen LogP contribution in [0.2, 0.25) is 0 Å². The normalized spacial score (nSPS) is 13.7. The Balaban J connectivity index is 4.97. The summed E-state index contributed by atoms with van der Waals surface area (Å²) in [5.41, 5.74) is 1.83. The smallest absolute Gasteiger partial charge is 0.158 e. The molecule has 0 aromatic heterocycles. The molecular formula is C11H15FO. The number of halogens is 1. The van der Waals surface area contributed by atoms with E-state index in [4.69, 9.17) is 0 Å². The third kappa shape index (κ3) is 3.83. The van der Waals surface area contributed by atoms with Crippen molar-refractivity contribution in [1.29, 1.82) is 0 Å². The molecule has 0 bridgehead atoms. The van der Waals surface area contributed by atoms with Crippen molar-refractivity contribution in [2.24, 2.45) is 0 Å². The molecule has 72 valence electrons. The van der Waals surface area contributed by atoms with Crippen LogP contribution in [0.4, 0.5) is 4.39 Å². The highest BCUT2D eigenvalue weighted by Gasteiger charge is 2.05. The molecule has 0 rings (SSSR count). The molecular weight excluding hydrogens is 167 g/mol. The maximum Gasteiger partial charge on any atom is 0.158 e. The number of hydrogen-bond donors (Lipinski definition) is 0. The van der Waals surface area contributed by atoms with Gasteiger partial charge in [-0.3, -0.25) is 4.79 Å². The topological polar surface area (TPSA) is 17.1 Å². The number of hydrogen-bond acceptors (Lipinski definition) is 1. The van der Waals surface area contributed by atoms with Crippen molar-refractivity contribution < 1.29 is 9.18 Å². The number of carbonyl (C=O) groups excluding carboxylic acids is 1. The zero-order chi connectivity index (χ0) is 10.4. The summed E-state index contributed by atoms with van der Waals surface area (Å²) in [6.07, 6.45) is 3.42. The zero-order valence-electron chi connectivity index (χ0n) is 8.36. The van der Waals surface area contributed by atoms with E-state index >= 15 is 0 Å². The quantitative estimate of drug-likeness (QED) is 0.482. The monoisotopic (exact) mass is 182 g/mol. The van der Waals surface area contributed by atoms with Crippen LogP contribution in [0.1, 0.15) is 20.8 Å². The van der Waals surface area contributed by atoms with Gasteiger partial charge >= 0.3 is 0 Å². The van der Waals surface area contributed by atoms with Gasteiger partial charge in [-0.05, 0) is 26.3 Å². The van der Waals surface area contributed by atoms with Gasteiger partial charge in [0.15, 0.2) is 5.78 Å². The van der Waals surface area contributed by atoms with Crippen LogP contribution in [0, 0.1) is 0 Å². The standard InChI is InChI=1S/C11H15FO/c1-5-8(2)6-9(3)11(7-12)10(4)13/h5-6H,1,7H2,2-4H3/b8-6-,11-9+. The fraction of sp³-hybridized carbons (Fsp3) is 0.364. The summed E-state index contributed by atoms with van der Waals surface area (Å²) in [5.74, 6) is -0.215. The second-order valence-corrected chi connectivity index (χ2v) is 2.94. The van der Waals surface area contributed by atoms with Crippen molar-refractivity contribution >= 4 is 5.78 Å². The second-order valence-electron chi connectivity index (χ2n) is 2.94. The fourth-order valence-electron chi connectivity index (χ4n) is 0.965. The van der Waals surface area contributed by atoms with Gasteiger partial charge in [0.2, 0.25) is 0 Å². The molecule has 0 radical (unpaired) electrons. The summed E-state index contributed by atoms with van der Waals surface area (Å²) >= 11 is 0. The highest BCUT2D eigenvalue weighted by atomic mass is 19.1. The lowest BCUT2D eigenvalue weighted by atomic mass is 10.1. The van der Waals surface area contributed by atoms with Crippen molar-refractivity contribution in [1.82, 2.24) is 0 Å². The third-order valence-electron chi connectivity index (χ3n) is 1.80. The summed E-state index contributed by atoms with van der Waals surface area (Å²) in [4.78, 5) is 10.9. The molecule has 0 aliphatic rings. The lowest BCUT2D eigenvalue weighted by Crippen LogP contribution is -2.01. The van der Waals surface area contributed by atoms with Crippen LogP contribution in [0.5, 0.6) is 0 Å². The molecule has 0 saturated carbocycles. The van der Waals surface area contributed by atoms with Crippen molar-refractivity contribution in [3.8, 4) is 0 Å². The fourth-order valence-corrected chi connectivity index (χ4v) is 0.965. The van der Waals surface area contributed by atoms with Crippen molar-refractivity contribution in [2.75, 3.05) is 6.67 Å². The first-order valence-corrected chi connectivity index (χ1v) is 4.10. The maximum atomic E-state index is 12.4. The Bertz CT molecular complexity index is 272. The first-order valence-electron chi connectivity index (χ1n) is 4.10. The molecule has 2 heteroatoms. The largest absolute Gasteiger partial charge is 0.295 e. The molecule has 0 amide bonds. The molecule has 0 heterocycles. The Hall–Kier alpha value is -1.18. The van der Waals surface area contributed by atoms with Crippen molar-refractivity contribution in [2.45, 2.75) is 20.8 Å². The van der Waals surface area contributed by atoms with Crippen LogP contribution in [0.15, 0.2) is 35.5 Å². The van der Waals surface area contributed by atoms with Crippen molar-refractivity contribution in [3.63, 3.8) is 0 Å². The van der Waals surface area contributed by atoms with Gasteiger partial charge in [0.25, 0.3) is 0 Å². The molecule has 0 aromatic rings. The minimum atomic E-state index is -0.706. The van der Waals surface area contributed by atoms with Crippen LogP contribution < -0.4 is 0 Å². The predicted molar refractivity (Wildman–Crippen MR) is 53.3 cm³/mol. The van der Waals surface area contributed by atoms with Gasteiger partial charge in [-0.1, -0.05) is 24.3 Å². The average Bonchev–Trinajstić information content (AvgIpc) is 2.04. The molecule has 0 fully saturated rings. The van der Waals surface area contributed by atoms with E-state index in [1.165, 1.54) is 6.92 Å². The Morgan fingerprint density at radius 3 is 2.23 bits per heavy atom. The molecule has 0 unspecified atom stereocenters. The number of rotatable bonds is 4. The molecule has 0 atom stereocenters. The number of ketones is 1. The number of carbonyl (C=O) groups is 1. The lowest BCUT2D eigenvalue weighted by molar-refractivity contribution is -0.113. The molecule has 0 N–H and O–H groups in total. The highest BCUT2D eigenvalue weighted by molar-refractivity contribution is 5.94. The molecule has 0 aromatic carbocycles. The summed E-state index contributed by atoms with van der Waals surface area (Å²) < 4.78 is 12.4. The van der Waals surface area contributed by atoms with Gasteiger partial charge in [0, 0.05) is 5.57 Å². The van der Waals surface area contributed by atoms with Crippen LogP contribution in [-0.2, 0) is 4.79 Å². The van der Waals surface area contributed by atoms with E-state index < -0.39 is 6.67 Å². The van der Waals surface area contributed by atoms with Crippen LogP contribution >= 0.6 is 0 Å². The lowest BCUT2D eigenvalue weighted by Gasteiger charge is -2.01. The molecule has 0 saturated heterocycles. The minimum Gasteiger partial charge on any atom is -0.295 e. The van der Waals surface area contributed by atoms with E-state index in [1.807, 2.05) is 6.92 Å². The Morgan fingerprint density at radius 1 is 1.38 bits per heavy atom. The van der Waals surface area contributed by atoms with Gasteiger partial charge in [-0.25, -0.2) is 4.39 Å². The van der Waals surface area contributed by atoms with Gasteiger partial charge < -0.3 is 0 Å². The summed E-state index contributed by atoms with van der Waals surface area (Å²) in [6, 6.07) is 0. The van der Waals surface area contributed by atoms with Gasteiger partial charge in [-0.15, -0.1) is 0 Å². The molecule has 1 nitrogen and oxygen atoms in total. The second kappa shape index (κ2) is 5.46. The molecule has 0 spiro atoms.